The summed E-state index contributed by atoms with van der Waals surface area (Å²) in [5.74, 6) is 1.07. The standard InChI is InChI=1S/C16H16ClN5O2S/c1-23-13-9(17)4-2-5-10(13)19-14-12-15(21-16(25)20-14)22(8-18-12)11-6-3-7-24-11/h2,4-5,8,11H,3,6-7H2,1H3,(H2,19,20,21,25). The van der Waals surface area contributed by atoms with Crippen LogP contribution in [-0.4, -0.2) is 33.2 Å². The van der Waals surface area contributed by atoms with Gasteiger partial charge in [0.05, 0.1) is 24.1 Å². The van der Waals surface area contributed by atoms with E-state index in [0.717, 1.165) is 19.4 Å². The first-order chi connectivity index (χ1) is 12.2. The Hall–Kier alpha value is -2.03. The van der Waals surface area contributed by atoms with Crippen molar-refractivity contribution in [2.75, 3.05) is 19.0 Å². The summed E-state index contributed by atoms with van der Waals surface area (Å²) >= 11 is 10.5. The molecule has 9 heteroatoms. The van der Waals surface area contributed by atoms with Crippen molar-refractivity contribution in [3.05, 3.63) is 29.5 Å². The number of rotatable bonds is 4. The number of hydrogen-bond donors (Lipinski definition) is 2. The van der Waals surface area contributed by atoms with Gasteiger partial charge in [0.2, 0.25) is 0 Å². The SMILES string of the molecule is COc1c(Cl)cccc1Nc1nc(S)nc2c1ncn2C1CCCO1. The van der Waals surface area contributed by atoms with Gasteiger partial charge in [-0.3, -0.25) is 4.57 Å². The second kappa shape index (κ2) is 6.70. The van der Waals surface area contributed by atoms with Gasteiger partial charge >= 0.3 is 0 Å². The van der Waals surface area contributed by atoms with E-state index < -0.39 is 0 Å². The third-order valence-corrected chi connectivity index (χ3v) is 4.55. The van der Waals surface area contributed by atoms with Gasteiger partial charge in [0.1, 0.15) is 6.23 Å². The number of ether oxygens (including phenoxy) is 2. The number of nitrogens with zero attached hydrogens (tertiary/aromatic N) is 4. The molecule has 3 heterocycles. The smallest absolute Gasteiger partial charge is 0.188 e. The van der Waals surface area contributed by atoms with Gasteiger partial charge in [0.15, 0.2) is 27.9 Å². The van der Waals surface area contributed by atoms with Crippen LogP contribution in [0.25, 0.3) is 11.2 Å². The third kappa shape index (κ3) is 3.01. The van der Waals surface area contributed by atoms with E-state index in [2.05, 4.69) is 32.9 Å². The van der Waals surface area contributed by atoms with E-state index in [0.29, 0.717) is 38.6 Å². The highest BCUT2D eigenvalue weighted by Gasteiger charge is 2.22. The second-order valence-corrected chi connectivity index (χ2v) is 6.42. The molecule has 1 unspecified atom stereocenters. The number of para-hydroxylation sites is 1. The number of benzene rings is 1. The molecule has 1 saturated heterocycles. The molecule has 0 aliphatic carbocycles. The van der Waals surface area contributed by atoms with Crippen LogP contribution in [0.5, 0.6) is 5.75 Å². The van der Waals surface area contributed by atoms with Gasteiger partial charge < -0.3 is 14.8 Å². The van der Waals surface area contributed by atoms with Crippen LogP contribution >= 0.6 is 24.2 Å². The predicted molar refractivity (Wildman–Crippen MR) is 98.1 cm³/mol. The highest BCUT2D eigenvalue weighted by Crippen LogP contribution is 2.36. The molecule has 1 aliphatic heterocycles. The number of anilines is 2. The van der Waals surface area contributed by atoms with Crippen molar-refractivity contribution < 1.29 is 9.47 Å². The van der Waals surface area contributed by atoms with Crippen molar-refractivity contribution in [1.29, 1.82) is 0 Å². The average Bonchev–Trinajstić information content (AvgIpc) is 3.24. The summed E-state index contributed by atoms with van der Waals surface area (Å²) in [4.78, 5) is 13.3. The van der Waals surface area contributed by atoms with Crippen LogP contribution in [0.2, 0.25) is 5.02 Å². The van der Waals surface area contributed by atoms with Crippen LogP contribution in [0.15, 0.2) is 29.7 Å². The molecule has 1 atom stereocenters. The van der Waals surface area contributed by atoms with E-state index in [1.165, 1.54) is 0 Å². The maximum Gasteiger partial charge on any atom is 0.188 e. The van der Waals surface area contributed by atoms with E-state index in [1.54, 1.807) is 19.5 Å². The highest BCUT2D eigenvalue weighted by atomic mass is 35.5. The molecule has 0 radical (unpaired) electrons. The monoisotopic (exact) mass is 377 g/mol. The van der Waals surface area contributed by atoms with Crippen LogP contribution in [0.3, 0.4) is 0 Å². The fraction of sp³-hybridized carbons (Fsp3) is 0.312. The van der Waals surface area contributed by atoms with Crippen LogP contribution in [0.1, 0.15) is 19.1 Å². The van der Waals surface area contributed by atoms with E-state index in [-0.39, 0.29) is 6.23 Å². The quantitative estimate of drug-likeness (QED) is 0.531. The summed E-state index contributed by atoms with van der Waals surface area (Å²) in [6.07, 6.45) is 3.63. The first kappa shape index (κ1) is 16.4. The van der Waals surface area contributed by atoms with Crippen molar-refractivity contribution in [3.8, 4) is 5.75 Å². The Morgan fingerprint density at radius 1 is 1.40 bits per heavy atom. The van der Waals surface area contributed by atoms with E-state index in [9.17, 15) is 0 Å². The van der Waals surface area contributed by atoms with Crippen molar-refractivity contribution in [2.24, 2.45) is 0 Å². The van der Waals surface area contributed by atoms with Gasteiger partial charge in [0.25, 0.3) is 0 Å². The van der Waals surface area contributed by atoms with Gasteiger partial charge in [-0.1, -0.05) is 17.7 Å². The van der Waals surface area contributed by atoms with E-state index >= 15 is 0 Å². The summed E-state index contributed by atoms with van der Waals surface area (Å²) in [6, 6.07) is 5.45. The van der Waals surface area contributed by atoms with Gasteiger partial charge in [-0.25, -0.2) is 15.0 Å². The number of methoxy groups -OCH3 is 1. The lowest BCUT2D eigenvalue weighted by Gasteiger charge is -2.14. The maximum absolute atomic E-state index is 6.19. The first-order valence-corrected chi connectivity index (χ1v) is 8.64. The molecule has 0 spiro atoms. The Bertz CT molecular complexity index is 926. The molecule has 0 bridgehead atoms. The van der Waals surface area contributed by atoms with E-state index in [4.69, 9.17) is 21.1 Å². The van der Waals surface area contributed by atoms with Crippen LogP contribution in [0.4, 0.5) is 11.5 Å². The predicted octanol–water partition coefficient (Wildman–Crippen LogP) is 3.83. The van der Waals surface area contributed by atoms with Gasteiger partial charge in [-0.05, 0) is 25.0 Å². The largest absolute Gasteiger partial charge is 0.493 e. The summed E-state index contributed by atoms with van der Waals surface area (Å²) in [5.41, 5.74) is 2.00. The van der Waals surface area contributed by atoms with Crippen molar-refractivity contribution >= 4 is 46.9 Å². The zero-order chi connectivity index (χ0) is 17.4. The molecule has 1 fully saturated rings. The zero-order valence-electron chi connectivity index (χ0n) is 13.4. The normalized spacial score (nSPS) is 17.2. The lowest BCUT2D eigenvalue weighted by molar-refractivity contribution is 0.0592. The minimum absolute atomic E-state index is 0.0545. The van der Waals surface area contributed by atoms with Crippen LogP contribution < -0.4 is 10.1 Å². The molecule has 2 aromatic heterocycles. The molecule has 1 N–H and O–H groups in total. The topological polar surface area (TPSA) is 74.1 Å². The van der Waals surface area contributed by atoms with Gasteiger partial charge in [0, 0.05) is 6.61 Å². The number of fused-ring (bicyclic) bond motifs is 1. The maximum atomic E-state index is 6.19. The minimum Gasteiger partial charge on any atom is -0.493 e. The molecule has 1 aromatic carbocycles. The second-order valence-electron chi connectivity index (χ2n) is 5.61. The Balaban J connectivity index is 1.79. The summed E-state index contributed by atoms with van der Waals surface area (Å²) < 4.78 is 13.0. The van der Waals surface area contributed by atoms with Gasteiger partial charge in [-0.2, -0.15) is 0 Å². The number of nitrogens with one attached hydrogen (secondary N) is 1. The fourth-order valence-electron chi connectivity index (χ4n) is 2.93. The molecule has 25 heavy (non-hydrogen) atoms. The van der Waals surface area contributed by atoms with Crippen molar-refractivity contribution in [1.82, 2.24) is 19.5 Å². The molecular formula is C16H16ClN5O2S. The van der Waals surface area contributed by atoms with Crippen molar-refractivity contribution in [3.63, 3.8) is 0 Å². The lowest BCUT2D eigenvalue weighted by Crippen LogP contribution is -2.07. The molecule has 7 nitrogen and oxygen atoms in total. The lowest BCUT2D eigenvalue weighted by atomic mass is 10.3. The summed E-state index contributed by atoms with van der Waals surface area (Å²) in [6.45, 7) is 0.744. The highest BCUT2D eigenvalue weighted by molar-refractivity contribution is 7.80. The Morgan fingerprint density at radius 3 is 3.04 bits per heavy atom. The van der Waals surface area contributed by atoms with Crippen LogP contribution in [0, 0.1) is 0 Å². The molecule has 130 valence electrons. The number of halogens is 1. The number of imidazole rings is 1. The van der Waals surface area contributed by atoms with E-state index in [1.807, 2.05) is 16.7 Å². The molecule has 0 amide bonds. The molecule has 0 saturated carbocycles. The molecule has 1 aliphatic rings. The molecule has 3 aromatic rings. The summed E-state index contributed by atoms with van der Waals surface area (Å²) in [5, 5.41) is 4.08. The number of hydrogen-bond acceptors (Lipinski definition) is 7. The average molecular weight is 378 g/mol. The zero-order valence-corrected chi connectivity index (χ0v) is 15.1. The number of thiol groups is 1. The Labute approximate surface area is 154 Å². The molecule has 4 rings (SSSR count). The molecular weight excluding hydrogens is 362 g/mol. The van der Waals surface area contributed by atoms with Crippen molar-refractivity contribution in [2.45, 2.75) is 24.2 Å². The summed E-state index contributed by atoms with van der Waals surface area (Å²) in [7, 11) is 1.57. The minimum atomic E-state index is -0.0545. The first-order valence-electron chi connectivity index (χ1n) is 7.82. The third-order valence-electron chi connectivity index (χ3n) is 4.05. The fourth-order valence-corrected chi connectivity index (χ4v) is 3.37. The van der Waals surface area contributed by atoms with Crippen LogP contribution in [-0.2, 0) is 4.74 Å². The van der Waals surface area contributed by atoms with Gasteiger partial charge in [-0.15, -0.1) is 12.6 Å². The Kier molecular flexibility index (Phi) is 4.41. The number of aromatic nitrogens is 4. The Morgan fingerprint density at radius 2 is 2.28 bits per heavy atom.